The molecule has 1 heterocycles. The van der Waals surface area contributed by atoms with Crippen LogP contribution in [0.1, 0.15) is 17.0 Å². The molecule has 0 aliphatic heterocycles. The van der Waals surface area contributed by atoms with Crippen molar-refractivity contribution >= 4 is 74.2 Å². The van der Waals surface area contributed by atoms with Crippen molar-refractivity contribution in [3.63, 3.8) is 0 Å². The fourth-order valence-electron chi connectivity index (χ4n) is 4.00. The van der Waals surface area contributed by atoms with E-state index in [2.05, 4.69) is 10.5 Å². The summed E-state index contributed by atoms with van der Waals surface area (Å²) in [5.41, 5.74) is 5.66. The lowest BCUT2D eigenvalue weighted by Gasteiger charge is -2.24. The van der Waals surface area contributed by atoms with Crippen molar-refractivity contribution < 1.29 is 13.2 Å². The second-order valence-corrected chi connectivity index (χ2v) is 11.9. The van der Waals surface area contributed by atoms with Gasteiger partial charge in [-0.25, -0.2) is 13.8 Å². The van der Waals surface area contributed by atoms with Crippen molar-refractivity contribution in [3.8, 4) is 5.69 Å². The van der Waals surface area contributed by atoms with Crippen LogP contribution in [0.2, 0.25) is 20.1 Å². The fraction of sp³-hybridized carbons (Fsp3) is 0.111. The van der Waals surface area contributed by atoms with Crippen molar-refractivity contribution in [2.24, 2.45) is 5.10 Å². The number of aryl methyl sites for hydroxylation is 1. The van der Waals surface area contributed by atoms with Crippen LogP contribution < -0.4 is 9.73 Å². The van der Waals surface area contributed by atoms with E-state index in [0.29, 0.717) is 10.0 Å². The molecule has 12 heteroatoms. The van der Waals surface area contributed by atoms with E-state index in [-0.39, 0.29) is 20.6 Å². The topological polar surface area (TPSA) is 83.8 Å². The van der Waals surface area contributed by atoms with Crippen molar-refractivity contribution in [2.45, 2.75) is 18.7 Å². The van der Waals surface area contributed by atoms with Crippen LogP contribution in [-0.4, -0.2) is 31.7 Å². The second-order valence-electron chi connectivity index (χ2n) is 8.45. The summed E-state index contributed by atoms with van der Waals surface area (Å²) in [5.74, 6) is -0.684. The lowest BCUT2D eigenvalue weighted by Crippen LogP contribution is -2.39. The van der Waals surface area contributed by atoms with Crippen LogP contribution in [0.15, 0.2) is 82.8 Å². The van der Waals surface area contributed by atoms with Gasteiger partial charge in [-0.1, -0.05) is 70.7 Å². The third-order valence-electron chi connectivity index (χ3n) is 5.83. The van der Waals surface area contributed by atoms with Crippen molar-refractivity contribution in [3.05, 3.63) is 110 Å². The first-order valence-corrected chi connectivity index (χ1v) is 14.4. The van der Waals surface area contributed by atoms with Gasteiger partial charge in [0, 0.05) is 22.0 Å². The van der Waals surface area contributed by atoms with Crippen LogP contribution in [0.4, 0.5) is 5.69 Å². The van der Waals surface area contributed by atoms with Gasteiger partial charge in [-0.2, -0.15) is 5.10 Å². The highest BCUT2D eigenvalue weighted by molar-refractivity contribution is 7.92. The number of hydrazone groups is 1. The third kappa shape index (κ3) is 6.26. The molecule has 202 valence electrons. The van der Waals surface area contributed by atoms with E-state index < -0.39 is 22.5 Å². The van der Waals surface area contributed by atoms with Crippen molar-refractivity contribution in [2.75, 3.05) is 10.8 Å². The number of sulfonamides is 1. The molecule has 0 aliphatic rings. The van der Waals surface area contributed by atoms with Crippen LogP contribution >= 0.6 is 46.4 Å². The number of benzene rings is 3. The number of aromatic nitrogens is 1. The number of rotatable bonds is 8. The predicted molar refractivity (Wildman–Crippen MR) is 158 cm³/mol. The number of nitrogens with zero attached hydrogens (tertiary/aromatic N) is 3. The van der Waals surface area contributed by atoms with Crippen molar-refractivity contribution in [1.29, 1.82) is 0 Å². The maximum Gasteiger partial charge on any atom is 0.264 e. The van der Waals surface area contributed by atoms with Gasteiger partial charge in [0.2, 0.25) is 0 Å². The Balaban J connectivity index is 1.58. The summed E-state index contributed by atoms with van der Waals surface area (Å²) in [4.78, 5) is 12.9. The molecule has 0 spiro atoms. The van der Waals surface area contributed by atoms with Crippen LogP contribution in [-0.2, 0) is 14.8 Å². The minimum atomic E-state index is -4.16. The standard InChI is InChI=1S/C27H22Cl4N4O3S/c1-17-13-19(18(2)35(17)24-12-11-20(28)14-23(24)30)15-32-33-26(36)16-34(25-10-6-9-22(29)27(25)31)39(37,38)21-7-4-3-5-8-21/h3-15H,16H2,1-2H3,(H,33,36)/b32-15-. The Morgan fingerprint density at radius 2 is 1.67 bits per heavy atom. The molecule has 1 amide bonds. The Morgan fingerprint density at radius 3 is 2.36 bits per heavy atom. The average molecular weight is 624 g/mol. The van der Waals surface area contributed by atoms with E-state index in [1.165, 1.54) is 30.5 Å². The highest BCUT2D eigenvalue weighted by Crippen LogP contribution is 2.35. The molecule has 4 rings (SSSR count). The Kier molecular flexibility index (Phi) is 8.93. The SMILES string of the molecule is Cc1cc(/C=N\NC(=O)CN(c2cccc(Cl)c2Cl)S(=O)(=O)c2ccccc2)c(C)n1-c1ccc(Cl)cc1Cl. The molecule has 0 atom stereocenters. The summed E-state index contributed by atoms with van der Waals surface area (Å²) in [5, 5.41) is 5.22. The molecule has 0 unspecified atom stereocenters. The summed E-state index contributed by atoms with van der Waals surface area (Å²) >= 11 is 24.9. The van der Waals surface area contributed by atoms with Crippen LogP contribution in [0.3, 0.4) is 0 Å². The molecule has 0 radical (unpaired) electrons. The highest BCUT2D eigenvalue weighted by atomic mass is 35.5. The molecular weight excluding hydrogens is 602 g/mol. The Morgan fingerprint density at radius 1 is 0.949 bits per heavy atom. The van der Waals surface area contributed by atoms with Crippen LogP contribution in [0.25, 0.3) is 5.69 Å². The summed E-state index contributed by atoms with van der Waals surface area (Å²) in [6.07, 6.45) is 1.48. The molecule has 0 saturated carbocycles. The molecule has 1 N–H and O–H groups in total. The fourth-order valence-corrected chi connectivity index (χ4v) is 6.39. The normalized spacial score (nSPS) is 11.6. The van der Waals surface area contributed by atoms with Gasteiger partial charge in [-0.05, 0) is 62.4 Å². The summed E-state index contributed by atoms with van der Waals surface area (Å²) < 4.78 is 29.8. The van der Waals surface area contributed by atoms with E-state index in [1.807, 2.05) is 30.5 Å². The zero-order chi connectivity index (χ0) is 28.3. The average Bonchev–Trinajstić information content (AvgIpc) is 3.17. The van der Waals surface area contributed by atoms with Gasteiger partial charge in [0.05, 0.1) is 37.6 Å². The Hall–Kier alpha value is -3.01. The zero-order valence-electron chi connectivity index (χ0n) is 20.7. The van der Waals surface area contributed by atoms with E-state index in [0.717, 1.165) is 26.9 Å². The summed E-state index contributed by atoms with van der Waals surface area (Å²) in [6.45, 7) is 3.21. The van der Waals surface area contributed by atoms with Crippen LogP contribution in [0, 0.1) is 13.8 Å². The van der Waals surface area contributed by atoms with E-state index in [1.54, 1.807) is 36.4 Å². The molecule has 0 fully saturated rings. The summed E-state index contributed by atoms with van der Waals surface area (Å²) in [6, 6.07) is 19.4. The van der Waals surface area contributed by atoms with Gasteiger partial charge in [-0.15, -0.1) is 0 Å². The van der Waals surface area contributed by atoms with Gasteiger partial charge in [0.1, 0.15) is 6.54 Å². The zero-order valence-corrected chi connectivity index (χ0v) is 24.5. The largest absolute Gasteiger partial charge is 0.316 e. The molecule has 3 aromatic carbocycles. The Bertz CT molecular complexity index is 1670. The number of carbonyl (C=O) groups is 1. The lowest BCUT2D eigenvalue weighted by molar-refractivity contribution is -0.119. The number of halogens is 4. The minimum Gasteiger partial charge on any atom is -0.316 e. The molecule has 4 aromatic rings. The van der Waals surface area contributed by atoms with Gasteiger partial charge in [-0.3, -0.25) is 9.10 Å². The number of amides is 1. The third-order valence-corrected chi connectivity index (χ3v) is 8.95. The number of anilines is 1. The van der Waals surface area contributed by atoms with Crippen LogP contribution in [0.5, 0.6) is 0 Å². The van der Waals surface area contributed by atoms with Gasteiger partial charge < -0.3 is 4.57 Å². The van der Waals surface area contributed by atoms with Crippen molar-refractivity contribution in [1.82, 2.24) is 9.99 Å². The summed E-state index contributed by atoms with van der Waals surface area (Å²) in [7, 11) is -4.16. The molecule has 0 saturated heterocycles. The molecule has 1 aromatic heterocycles. The Labute approximate surface area is 246 Å². The number of hydrogen-bond acceptors (Lipinski definition) is 4. The molecule has 0 aliphatic carbocycles. The first kappa shape index (κ1) is 29.0. The van der Waals surface area contributed by atoms with Gasteiger partial charge in [0.25, 0.3) is 15.9 Å². The molecular formula is C27H22Cl4N4O3S. The number of hydrogen-bond donors (Lipinski definition) is 1. The first-order chi connectivity index (χ1) is 18.5. The highest BCUT2D eigenvalue weighted by Gasteiger charge is 2.29. The van der Waals surface area contributed by atoms with E-state index in [9.17, 15) is 13.2 Å². The quantitative estimate of drug-likeness (QED) is 0.169. The molecule has 39 heavy (non-hydrogen) atoms. The first-order valence-electron chi connectivity index (χ1n) is 11.5. The maximum atomic E-state index is 13.5. The number of carbonyl (C=O) groups excluding carboxylic acids is 1. The monoisotopic (exact) mass is 622 g/mol. The molecule has 7 nitrogen and oxygen atoms in total. The van der Waals surface area contributed by atoms with Gasteiger partial charge >= 0.3 is 0 Å². The predicted octanol–water partition coefficient (Wildman–Crippen LogP) is 7.05. The lowest BCUT2D eigenvalue weighted by atomic mass is 10.2. The van der Waals surface area contributed by atoms with Gasteiger partial charge in [0.15, 0.2) is 0 Å². The van der Waals surface area contributed by atoms with E-state index in [4.69, 9.17) is 46.4 Å². The second kappa shape index (κ2) is 12.0. The minimum absolute atomic E-state index is 0.00303. The maximum absolute atomic E-state index is 13.5. The molecule has 0 bridgehead atoms. The number of nitrogens with one attached hydrogen (secondary N) is 1. The smallest absolute Gasteiger partial charge is 0.264 e. The van der Waals surface area contributed by atoms with E-state index >= 15 is 0 Å².